The summed E-state index contributed by atoms with van der Waals surface area (Å²) in [6, 6.07) is 10.8. The number of aliphatic hydroxyl groups excluding tert-OH is 1. The highest BCUT2D eigenvalue weighted by Gasteiger charge is 2.27. The minimum atomic E-state index is -0.217. The molecule has 0 aliphatic carbocycles. The van der Waals surface area contributed by atoms with Crippen molar-refractivity contribution < 1.29 is 5.11 Å². The van der Waals surface area contributed by atoms with E-state index in [1.165, 1.54) is 16.8 Å². The molecule has 1 aliphatic heterocycles. The van der Waals surface area contributed by atoms with Gasteiger partial charge >= 0.3 is 0 Å². The minimum Gasteiger partial charge on any atom is -0.512 e. The second-order valence-electron chi connectivity index (χ2n) is 8.32. The van der Waals surface area contributed by atoms with Crippen molar-refractivity contribution in [1.82, 2.24) is 9.88 Å². The van der Waals surface area contributed by atoms with E-state index in [0.717, 1.165) is 50.2 Å². The van der Waals surface area contributed by atoms with Gasteiger partial charge in [-0.1, -0.05) is 63.1 Å². The first-order chi connectivity index (χ1) is 12.9. The first kappa shape index (κ1) is 20.0. The lowest BCUT2D eigenvalue weighted by molar-refractivity contribution is 0.164. The number of hydrogen-bond donors (Lipinski definition) is 2. The second-order valence-corrected chi connectivity index (χ2v) is 8.72. The Hall–Kier alpha value is -1.71. The van der Waals surface area contributed by atoms with Gasteiger partial charge in [0.15, 0.2) is 0 Å². The molecule has 0 saturated carbocycles. The third kappa shape index (κ3) is 4.77. The van der Waals surface area contributed by atoms with Crippen LogP contribution in [0.5, 0.6) is 0 Å². The van der Waals surface area contributed by atoms with Crippen LogP contribution in [0.15, 0.2) is 48.9 Å². The maximum atomic E-state index is 9.76. The van der Waals surface area contributed by atoms with E-state index >= 15 is 0 Å². The Morgan fingerprint density at radius 3 is 2.81 bits per heavy atom. The van der Waals surface area contributed by atoms with E-state index in [2.05, 4.69) is 48.5 Å². The van der Waals surface area contributed by atoms with Crippen LogP contribution in [-0.2, 0) is 13.0 Å². The van der Waals surface area contributed by atoms with E-state index in [1.807, 2.05) is 18.3 Å². The summed E-state index contributed by atoms with van der Waals surface area (Å²) in [6.07, 6.45) is 7.28. The number of aromatic amines is 1. The van der Waals surface area contributed by atoms with Crippen LogP contribution in [0.25, 0.3) is 0 Å². The predicted octanol–water partition coefficient (Wildman–Crippen LogP) is 6.43. The molecular formula is C23H31ClN2O. The van der Waals surface area contributed by atoms with Crippen LogP contribution in [-0.4, -0.2) is 21.5 Å². The van der Waals surface area contributed by atoms with Gasteiger partial charge in [0.05, 0.1) is 5.76 Å². The number of nitrogens with one attached hydrogen (secondary N) is 1. The van der Waals surface area contributed by atoms with E-state index in [-0.39, 0.29) is 11.2 Å². The molecule has 1 aromatic carbocycles. The first-order valence-electron chi connectivity index (χ1n) is 9.90. The van der Waals surface area contributed by atoms with E-state index in [0.29, 0.717) is 6.04 Å². The molecule has 0 spiro atoms. The molecule has 1 aromatic heterocycles. The lowest BCUT2D eigenvalue weighted by atomic mass is 9.84. The Labute approximate surface area is 168 Å². The molecule has 2 N–H and O–H groups in total. The van der Waals surface area contributed by atoms with Crippen LogP contribution in [0.1, 0.15) is 62.4 Å². The van der Waals surface area contributed by atoms with E-state index in [9.17, 15) is 5.11 Å². The molecule has 4 heteroatoms. The molecule has 0 bridgehead atoms. The maximum absolute atomic E-state index is 9.76. The zero-order chi connectivity index (χ0) is 19.4. The third-order valence-electron chi connectivity index (χ3n) is 5.97. The van der Waals surface area contributed by atoms with Crippen LogP contribution >= 0.6 is 11.6 Å². The minimum absolute atomic E-state index is 0.217. The number of unbranched alkanes of at least 4 members (excludes halogenated alkanes) is 1. The van der Waals surface area contributed by atoms with Gasteiger partial charge in [0, 0.05) is 47.9 Å². The van der Waals surface area contributed by atoms with Crippen LogP contribution in [0.3, 0.4) is 0 Å². The van der Waals surface area contributed by atoms with Crippen LogP contribution in [0.2, 0.25) is 5.02 Å². The van der Waals surface area contributed by atoms with Crippen LogP contribution < -0.4 is 0 Å². The topological polar surface area (TPSA) is 39.3 Å². The van der Waals surface area contributed by atoms with Gasteiger partial charge < -0.3 is 10.1 Å². The largest absolute Gasteiger partial charge is 0.512 e. The summed E-state index contributed by atoms with van der Waals surface area (Å²) in [6.45, 7) is 9.84. The third-order valence-corrected chi connectivity index (χ3v) is 6.31. The average molecular weight is 387 g/mol. The molecule has 1 unspecified atom stereocenters. The number of hydrogen-bond acceptors (Lipinski definition) is 2. The number of aromatic nitrogens is 1. The zero-order valence-corrected chi connectivity index (χ0v) is 17.2. The summed E-state index contributed by atoms with van der Waals surface area (Å²) in [4.78, 5) is 5.93. The number of rotatable bonds is 8. The quantitative estimate of drug-likeness (QED) is 0.405. The number of benzene rings is 1. The SMILES string of the molecule is C=C(O)C(C)(C)CCCCC(c1ccccc1Cl)N1CCc2[nH]ccc2C1. The highest BCUT2D eigenvalue weighted by molar-refractivity contribution is 6.31. The van der Waals surface area contributed by atoms with Crippen molar-refractivity contribution in [3.63, 3.8) is 0 Å². The number of allylic oxidation sites excluding steroid dienone is 1. The van der Waals surface area contributed by atoms with Crippen molar-refractivity contribution in [2.75, 3.05) is 6.54 Å². The van der Waals surface area contributed by atoms with Gasteiger partial charge in [0.25, 0.3) is 0 Å². The van der Waals surface area contributed by atoms with Gasteiger partial charge in [-0.2, -0.15) is 0 Å². The molecule has 3 rings (SSSR count). The lowest BCUT2D eigenvalue weighted by Gasteiger charge is -2.35. The Bertz CT molecular complexity index is 780. The van der Waals surface area contributed by atoms with Crippen molar-refractivity contribution in [1.29, 1.82) is 0 Å². The van der Waals surface area contributed by atoms with E-state index in [4.69, 9.17) is 11.6 Å². The highest BCUT2D eigenvalue weighted by atomic mass is 35.5. The summed E-state index contributed by atoms with van der Waals surface area (Å²) < 4.78 is 0. The molecule has 1 atom stereocenters. The van der Waals surface area contributed by atoms with Crippen molar-refractivity contribution in [3.8, 4) is 0 Å². The molecule has 0 fully saturated rings. The molecule has 0 amide bonds. The van der Waals surface area contributed by atoms with Crippen molar-refractivity contribution in [2.24, 2.45) is 5.41 Å². The second kappa shape index (κ2) is 8.53. The summed E-state index contributed by atoms with van der Waals surface area (Å²) in [5, 5.41) is 10.6. The fraction of sp³-hybridized carbons (Fsp3) is 0.478. The zero-order valence-electron chi connectivity index (χ0n) is 16.5. The molecule has 0 saturated heterocycles. The molecule has 3 nitrogen and oxygen atoms in total. The van der Waals surface area contributed by atoms with Crippen LogP contribution in [0.4, 0.5) is 0 Å². The maximum Gasteiger partial charge on any atom is 0.0907 e. The highest BCUT2D eigenvalue weighted by Crippen LogP contribution is 2.36. The molecule has 2 aromatic rings. The number of H-pyrrole nitrogens is 1. The number of aliphatic hydroxyl groups is 1. The Balaban J connectivity index is 1.70. The van der Waals surface area contributed by atoms with E-state index < -0.39 is 0 Å². The molecule has 1 aliphatic rings. The van der Waals surface area contributed by atoms with Crippen molar-refractivity contribution >= 4 is 11.6 Å². The summed E-state index contributed by atoms with van der Waals surface area (Å²) in [5.41, 5.74) is 3.78. The average Bonchev–Trinajstić information content (AvgIpc) is 3.10. The Kier molecular flexibility index (Phi) is 6.33. The van der Waals surface area contributed by atoms with Gasteiger partial charge in [0.1, 0.15) is 0 Å². The number of fused-ring (bicyclic) bond motifs is 1. The van der Waals surface area contributed by atoms with Gasteiger partial charge in [0.2, 0.25) is 0 Å². The van der Waals surface area contributed by atoms with Crippen molar-refractivity contribution in [2.45, 2.75) is 58.5 Å². The fourth-order valence-electron chi connectivity index (χ4n) is 3.97. The van der Waals surface area contributed by atoms with Crippen molar-refractivity contribution in [3.05, 3.63) is 70.7 Å². The molecule has 146 valence electrons. The standard InChI is InChI=1S/C23H31ClN2O/c1-17(27)23(2,3)13-7-6-10-22(19-8-4-5-9-20(19)24)26-15-12-21-18(16-26)11-14-25-21/h4-5,8-9,11,14,22,25,27H,1,6-7,10,12-13,15-16H2,2-3H3. The van der Waals surface area contributed by atoms with Crippen LogP contribution in [0, 0.1) is 5.41 Å². The van der Waals surface area contributed by atoms with Gasteiger partial charge in [-0.25, -0.2) is 0 Å². The Morgan fingerprint density at radius 2 is 2.07 bits per heavy atom. The molecular weight excluding hydrogens is 356 g/mol. The predicted molar refractivity (Wildman–Crippen MR) is 113 cm³/mol. The fourth-order valence-corrected chi connectivity index (χ4v) is 4.23. The normalized spacial score (nSPS) is 16.1. The smallest absolute Gasteiger partial charge is 0.0907 e. The molecule has 2 heterocycles. The van der Waals surface area contributed by atoms with Gasteiger partial charge in [-0.3, -0.25) is 4.90 Å². The number of nitrogens with zero attached hydrogens (tertiary/aromatic N) is 1. The van der Waals surface area contributed by atoms with Gasteiger partial charge in [-0.15, -0.1) is 0 Å². The molecule has 0 radical (unpaired) electrons. The Morgan fingerprint density at radius 1 is 1.30 bits per heavy atom. The number of halogens is 1. The molecule has 27 heavy (non-hydrogen) atoms. The monoisotopic (exact) mass is 386 g/mol. The summed E-state index contributed by atoms with van der Waals surface area (Å²) in [7, 11) is 0. The first-order valence-corrected chi connectivity index (χ1v) is 10.3. The van der Waals surface area contributed by atoms with Gasteiger partial charge in [-0.05, 0) is 36.1 Å². The summed E-state index contributed by atoms with van der Waals surface area (Å²) in [5.74, 6) is 0.279. The summed E-state index contributed by atoms with van der Waals surface area (Å²) >= 11 is 6.57. The lowest BCUT2D eigenvalue weighted by Crippen LogP contribution is -2.34. The van der Waals surface area contributed by atoms with E-state index in [1.54, 1.807) is 0 Å².